The van der Waals surface area contributed by atoms with Crippen molar-refractivity contribution in [3.8, 4) is 0 Å². The second-order valence-corrected chi connectivity index (χ2v) is 4.92. The van der Waals surface area contributed by atoms with Crippen LogP contribution in [-0.4, -0.2) is 10.5 Å². The van der Waals surface area contributed by atoms with E-state index in [1.165, 1.54) is 0 Å². The van der Waals surface area contributed by atoms with E-state index in [0.29, 0.717) is 5.02 Å². The molecule has 3 heteroatoms. The normalized spacial score (nSPS) is 16.8. The van der Waals surface area contributed by atoms with Gasteiger partial charge in [-0.1, -0.05) is 23.7 Å². The average Bonchev–Trinajstić information content (AvgIpc) is 2.97. The molecule has 2 aromatic rings. The van der Waals surface area contributed by atoms with Gasteiger partial charge in [-0.3, -0.25) is 9.36 Å². The number of rotatable bonds is 2. The maximum atomic E-state index is 12.4. The number of benzene rings is 1. The van der Waals surface area contributed by atoms with Crippen LogP contribution in [0.3, 0.4) is 0 Å². The minimum absolute atomic E-state index is 0.157. The van der Waals surface area contributed by atoms with Crippen molar-refractivity contribution in [2.75, 3.05) is 0 Å². The fraction of sp³-hybridized carbons (Fsp3) is 0.214. The van der Waals surface area contributed by atoms with Crippen LogP contribution >= 0.6 is 11.6 Å². The van der Waals surface area contributed by atoms with Gasteiger partial charge in [0.2, 0.25) is 5.91 Å². The van der Waals surface area contributed by atoms with Crippen LogP contribution in [0.4, 0.5) is 0 Å². The van der Waals surface area contributed by atoms with Crippen molar-refractivity contribution >= 4 is 17.5 Å². The average molecular weight is 246 g/mol. The van der Waals surface area contributed by atoms with Gasteiger partial charge >= 0.3 is 0 Å². The Morgan fingerprint density at radius 1 is 1.12 bits per heavy atom. The summed E-state index contributed by atoms with van der Waals surface area (Å²) in [6.45, 7) is 0. The highest BCUT2D eigenvalue weighted by Crippen LogP contribution is 2.49. The second-order valence-electron chi connectivity index (χ2n) is 4.48. The molecule has 1 aromatic heterocycles. The molecule has 2 nitrogen and oxygen atoms in total. The molecule has 0 bridgehead atoms. The lowest BCUT2D eigenvalue weighted by Gasteiger charge is -2.15. The zero-order chi connectivity index (χ0) is 11.9. The van der Waals surface area contributed by atoms with E-state index in [0.717, 1.165) is 18.4 Å². The van der Waals surface area contributed by atoms with Crippen molar-refractivity contribution in [2.45, 2.75) is 18.3 Å². The molecule has 0 radical (unpaired) electrons. The maximum Gasteiger partial charge on any atom is 0.241 e. The van der Waals surface area contributed by atoms with Crippen LogP contribution in [0.1, 0.15) is 23.2 Å². The molecule has 0 aliphatic heterocycles. The predicted molar refractivity (Wildman–Crippen MR) is 67.4 cm³/mol. The molecule has 0 amide bonds. The van der Waals surface area contributed by atoms with Gasteiger partial charge in [0.15, 0.2) is 0 Å². The Kier molecular flexibility index (Phi) is 2.33. The van der Waals surface area contributed by atoms with Crippen molar-refractivity contribution in [1.82, 2.24) is 4.57 Å². The van der Waals surface area contributed by atoms with Crippen LogP contribution < -0.4 is 0 Å². The molecule has 1 saturated carbocycles. The Morgan fingerprint density at radius 2 is 1.71 bits per heavy atom. The SMILES string of the molecule is O=C(n1cccc1)C1(c2ccc(Cl)cc2)CC1. The number of carbonyl (C=O) groups is 1. The van der Waals surface area contributed by atoms with Gasteiger partial charge in [-0.05, 0) is 42.7 Å². The van der Waals surface area contributed by atoms with Crippen molar-refractivity contribution < 1.29 is 4.79 Å². The van der Waals surface area contributed by atoms with E-state index in [1.807, 2.05) is 36.4 Å². The van der Waals surface area contributed by atoms with Gasteiger partial charge in [0.1, 0.15) is 0 Å². The van der Waals surface area contributed by atoms with E-state index in [2.05, 4.69) is 0 Å². The molecular formula is C14H12ClNO. The highest BCUT2D eigenvalue weighted by molar-refractivity contribution is 6.30. The minimum Gasteiger partial charge on any atom is -0.294 e. The van der Waals surface area contributed by atoms with Crippen LogP contribution in [0.15, 0.2) is 48.8 Å². The molecule has 0 spiro atoms. The summed E-state index contributed by atoms with van der Waals surface area (Å²) in [5, 5.41) is 0.706. The summed E-state index contributed by atoms with van der Waals surface area (Å²) in [6, 6.07) is 11.3. The quantitative estimate of drug-likeness (QED) is 0.794. The van der Waals surface area contributed by atoms with E-state index in [-0.39, 0.29) is 11.3 Å². The number of halogens is 1. The molecule has 86 valence electrons. The number of carbonyl (C=O) groups excluding carboxylic acids is 1. The molecule has 1 heterocycles. The summed E-state index contributed by atoms with van der Waals surface area (Å²) in [5.41, 5.74) is 0.754. The van der Waals surface area contributed by atoms with Gasteiger partial charge in [-0.2, -0.15) is 0 Å². The monoisotopic (exact) mass is 245 g/mol. The lowest BCUT2D eigenvalue weighted by molar-refractivity contribution is 0.0863. The van der Waals surface area contributed by atoms with Crippen molar-refractivity contribution in [2.24, 2.45) is 0 Å². The molecule has 1 aromatic carbocycles. The first-order chi connectivity index (χ1) is 8.22. The molecule has 0 saturated heterocycles. The standard InChI is InChI=1S/C14H12ClNO/c15-12-5-3-11(4-6-12)14(7-8-14)13(17)16-9-1-2-10-16/h1-6,9-10H,7-8H2. The molecule has 1 aliphatic carbocycles. The molecule has 1 aliphatic rings. The first-order valence-corrected chi connectivity index (χ1v) is 6.04. The van der Waals surface area contributed by atoms with Crippen LogP contribution in [0.5, 0.6) is 0 Å². The Morgan fingerprint density at radius 3 is 2.24 bits per heavy atom. The summed E-state index contributed by atoms with van der Waals surface area (Å²) >= 11 is 5.87. The molecule has 3 rings (SSSR count). The predicted octanol–water partition coefficient (Wildman–Crippen LogP) is 3.51. The van der Waals surface area contributed by atoms with Crippen LogP contribution in [0.25, 0.3) is 0 Å². The van der Waals surface area contributed by atoms with Crippen molar-refractivity contribution in [1.29, 1.82) is 0 Å². The summed E-state index contributed by atoms with van der Waals surface area (Å²) < 4.78 is 1.67. The number of aromatic nitrogens is 1. The van der Waals surface area contributed by atoms with Crippen LogP contribution in [-0.2, 0) is 5.41 Å². The van der Waals surface area contributed by atoms with Crippen LogP contribution in [0, 0.1) is 0 Å². The van der Waals surface area contributed by atoms with Gasteiger partial charge in [-0.25, -0.2) is 0 Å². The van der Waals surface area contributed by atoms with E-state index < -0.39 is 0 Å². The smallest absolute Gasteiger partial charge is 0.241 e. The molecule has 0 atom stereocenters. The van der Waals surface area contributed by atoms with Crippen molar-refractivity contribution in [3.05, 3.63) is 59.4 Å². The largest absolute Gasteiger partial charge is 0.294 e. The van der Waals surface area contributed by atoms with E-state index in [4.69, 9.17) is 11.6 Å². The zero-order valence-electron chi connectivity index (χ0n) is 9.27. The Labute approximate surface area is 105 Å². The number of hydrogen-bond donors (Lipinski definition) is 0. The fourth-order valence-electron chi connectivity index (χ4n) is 2.24. The topological polar surface area (TPSA) is 22.0 Å². The summed E-state index contributed by atoms with van der Waals surface area (Å²) in [4.78, 5) is 12.4. The Balaban J connectivity index is 1.97. The molecule has 0 N–H and O–H groups in total. The minimum atomic E-state index is -0.316. The third kappa shape index (κ3) is 1.69. The van der Waals surface area contributed by atoms with Crippen molar-refractivity contribution in [3.63, 3.8) is 0 Å². The second kappa shape index (κ2) is 3.74. The number of hydrogen-bond acceptors (Lipinski definition) is 1. The molecule has 1 fully saturated rings. The summed E-state index contributed by atoms with van der Waals surface area (Å²) in [5.74, 6) is 0.157. The van der Waals surface area contributed by atoms with Gasteiger partial charge in [0.25, 0.3) is 0 Å². The number of nitrogens with zero attached hydrogens (tertiary/aromatic N) is 1. The van der Waals surface area contributed by atoms with Gasteiger partial charge in [0, 0.05) is 17.4 Å². The Hall–Kier alpha value is -1.54. The first kappa shape index (κ1) is 10.6. The molecule has 17 heavy (non-hydrogen) atoms. The van der Waals surface area contributed by atoms with Gasteiger partial charge < -0.3 is 0 Å². The van der Waals surface area contributed by atoms with E-state index >= 15 is 0 Å². The van der Waals surface area contributed by atoms with Gasteiger partial charge in [0.05, 0.1) is 5.41 Å². The molecular weight excluding hydrogens is 234 g/mol. The van der Waals surface area contributed by atoms with Crippen LogP contribution in [0.2, 0.25) is 5.02 Å². The fourth-order valence-corrected chi connectivity index (χ4v) is 2.36. The highest BCUT2D eigenvalue weighted by atomic mass is 35.5. The third-order valence-electron chi connectivity index (χ3n) is 3.40. The van der Waals surface area contributed by atoms with Gasteiger partial charge in [-0.15, -0.1) is 0 Å². The van der Waals surface area contributed by atoms with E-state index in [9.17, 15) is 4.79 Å². The first-order valence-electron chi connectivity index (χ1n) is 5.66. The summed E-state index contributed by atoms with van der Waals surface area (Å²) in [7, 11) is 0. The zero-order valence-corrected chi connectivity index (χ0v) is 10.0. The lowest BCUT2D eigenvalue weighted by atomic mass is 9.95. The lowest BCUT2D eigenvalue weighted by Crippen LogP contribution is -2.25. The Bertz CT molecular complexity index is 538. The third-order valence-corrected chi connectivity index (χ3v) is 3.65. The van der Waals surface area contributed by atoms with E-state index in [1.54, 1.807) is 17.0 Å². The maximum absolute atomic E-state index is 12.4. The molecule has 0 unspecified atom stereocenters. The highest BCUT2D eigenvalue weighted by Gasteiger charge is 2.51. The summed E-state index contributed by atoms with van der Waals surface area (Å²) in [6.07, 6.45) is 5.45.